The van der Waals surface area contributed by atoms with Gasteiger partial charge in [-0.25, -0.2) is 8.78 Å². The maximum atomic E-state index is 13.8. The molecule has 20 heavy (non-hydrogen) atoms. The van der Waals surface area contributed by atoms with Crippen molar-refractivity contribution in [2.45, 2.75) is 18.4 Å². The van der Waals surface area contributed by atoms with Crippen molar-refractivity contribution in [1.29, 1.82) is 0 Å². The van der Waals surface area contributed by atoms with E-state index in [1.807, 2.05) is 6.07 Å². The van der Waals surface area contributed by atoms with E-state index in [9.17, 15) is 13.9 Å². The summed E-state index contributed by atoms with van der Waals surface area (Å²) in [7, 11) is 0. The monoisotopic (exact) mass is 296 g/mol. The average molecular weight is 297 g/mol. The molecule has 0 saturated heterocycles. The maximum absolute atomic E-state index is 13.8. The molecule has 1 atom stereocenters. The molecule has 0 fully saturated rings. The second-order valence-electron chi connectivity index (χ2n) is 4.71. The van der Waals surface area contributed by atoms with E-state index >= 15 is 0 Å². The van der Waals surface area contributed by atoms with Crippen molar-refractivity contribution in [1.82, 2.24) is 0 Å². The molecule has 0 aromatic heterocycles. The number of rotatable bonds is 5. The van der Waals surface area contributed by atoms with Gasteiger partial charge >= 0.3 is 0 Å². The Balaban J connectivity index is 2.40. The van der Waals surface area contributed by atoms with E-state index in [4.69, 9.17) is 11.6 Å². The van der Waals surface area contributed by atoms with Crippen LogP contribution in [0, 0.1) is 11.6 Å². The van der Waals surface area contributed by atoms with Gasteiger partial charge in [0.2, 0.25) is 0 Å². The van der Waals surface area contributed by atoms with Crippen molar-refractivity contribution in [3.63, 3.8) is 0 Å². The van der Waals surface area contributed by atoms with Crippen molar-refractivity contribution < 1.29 is 13.9 Å². The van der Waals surface area contributed by atoms with E-state index in [0.29, 0.717) is 5.56 Å². The molecule has 0 aliphatic heterocycles. The van der Waals surface area contributed by atoms with Gasteiger partial charge in [-0.1, -0.05) is 36.4 Å². The summed E-state index contributed by atoms with van der Waals surface area (Å²) in [5.41, 5.74) is -0.904. The van der Waals surface area contributed by atoms with Crippen molar-refractivity contribution in [3.05, 3.63) is 71.3 Å². The van der Waals surface area contributed by atoms with Gasteiger partial charge in [0.05, 0.1) is 5.60 Å². The van der Waals surface area contributed by atoms with Crippen LogP contribution >= 0.6 is 11.6 Å². The van der Waals surface area contributed by atoms with Crippen LogP contribution in [0.1, 0.15) is 17.5 Å². The summed E-state index contributed by atoms with van der Waals surface area (Å²) in [5.74, 6) is -1.12. The van der Waals surface area contributed by atoms with Gasteiger partial charge in [-0.05, 0) is 24.1 Å². The molecule has 0 amide bonds. The number of hydrogen-bond acceptors (Lipinski definition) is 1. The highest BCUT2D eigenvalue weighted by atomic mass is 35.5. The van der Waals surface area contributed by atoms with Crippen LogP contribution in [0.5, 0.6) is 0 Å². The SMILES string of the molecule is OC(CCCl)(Cc1c(F)cccc1F)c1ccccc1. The molecule has 2 aromatic carbocycles. The van der Waals surface area contributed by atoms with Gasteiger partial charge in [0.25, 0.3) is 0 Å². The van der Waals surface area contributed by atoms with Crippen LogP contribution in [0.2, 0.25) is 0 Å². The predicted octanol–water partition coefficient (Wildman–Crippen LogP) is 4.02. The Hall–Kier alpha value is -1.45. The second-order valence-corrected chi connectivity index (χ2v) is 5.09. The second kappa shape index (κ2) is 6.33. The summed E-state index contributed by atoms with van der Waals surface area (Å²) in [6.45, 7) is 0. The number of aliphatic hydroxyl groups is 1. The molecule has 0 saturated carbocycles. The molecule has 1 unspecified atom stereocenters. The summed E-state index contributed by atoms with van der Waals surface area (Å²) in [4.78, 5) is 0. The van der Waals surface area contributed by atoms with E-state index in [0.717, 1.165) is 0 Å². The minimum Gasteiger partial charge on any atom is -0.385 e. The first kappa shape index (κ1) is 14.9. The largest absolute Gasteiger partial charge is 0.385 e. The van der Waals surface area contributed by atoms with Gasteiger partial charge in [0.15, 0.2) is 0 Å². The fourth-order valence-corrected chi connectivity index (χ4v) is 2.55. The van der Waals surface area contributed by atoms with E-state index < -0.39 is 17.2 Å². The van der Waals surface area contributed by atoms with Crippen molar-refractivity contribution >= 4 is 11.6 Å². The molecule has 2 aromatic rings. The third-order valence-electron chi connectivity index (χ3n) is 3.35. The molecule has 106 valence electrons. The Morgan fingerprint density at radius 3 is 2.10 bits per heavy atom. The first-order chi connectivity index (χ1) is 9.57. The Bertz CT molecular complexity index is 554. The molecule has 4 heteroatoms. The van der Waals surface area contributed by atoms with E-state index in [1.54, 1.807) is 24.3 Å². The lowest BCUT2D eigenvalue weighted by atomic mass is 9.85. The molecule has 2 rings (SSSR count). The van der Waals surface area contributed by atoms with Crippen LogP contribution in [0.4, 0.5) is 8.78 Å². The molecular formula is C16H15ClF2O. The van der Waals surface area contributed by atoms with Crippen LogP contribution in [-0.4, -0.2) is 11.0 Å². The van der Waals surface area contributed by atoms with E-state index in [1.165, 1.54) is 18.2 Å². The summed E-state index contributed by atoms with van der Waals surface area (Å²) >= 11 is 5.73. The Morgan fingerprint density at radius 1 is 0.950 bits per heavy atom. The lowest BCUT2D eigenvalue weighted by Gasteiger charge is -2.28. The minimum atomic E-state index is -1.38. The maximum Gasteiger partial charge on any atom is 0.129 e. The van der Waals surface area contributed by atoms with Gasteiger partial charge < -0.3 is 5.11 Å². The van der Waals surface area contributed by atoms with Gasteiger partial charge in [-0.3, -0.25) is 0 Å². The predicted molar refractivity (Wildman–Crippen MR) is 75.7 cm³/mol. The van der Waals surface area contributed by atoms with Crippen molar-refractivity contribution in [2.24, 2.45) is 0 Å². The molecule has 0 radical (unpaired) electrons. The first-order valence-corrected chi connectivity index (χ1v) is 6.87. The van der Waals surface area contributed by atoms with Crippen LogP contribution in [-0.2, 0) is 12.0 Å². The number of halogens is 3. The fraction of sp³-hybridized carbons (Fsp3) is 0.250. The van der Waals surface area contributed by atoms with Crippen molar-refractivity contribution in [2.75, 3.05) is 5.88 Å². The summed E-state index contributed by atoms with van der Waals surface area (Å²) < 4.78 is 27.5. The fourth-order valence-electron chi connectivity index (χ4n) is 2.23. The highest BCUT2D eigenvalue weighted by molar-refractivity contribution is 6.17. The van der Waals surface area contributed by atoms with Crippen LogP contribution in [0.25, 0.3) is 0 Å². The van der Waals surface area contributed by atoms with Gasteiger partial charge in [0.1, 0.15) is 11.6 Å². The molecule has 0 spiro atoms. The third kappa shape index (κ3) is 3.17. The Labute approximate surface area is 121 Å². The summed E-state index contributed by atoms with van der Waals surface area (Å²) in [5, 5.41) is 10.8. The molecular weight excluding hydrogens is 282 g/mol. The van der Waals surface area contributed by atoms with E-state index in [2.05, 4.69) is 0 Å². The summed E-state index contributed by atoms with van der Waals surface area (Å²) in [6.07, 6.45) is 0.0641. The van der Waals surface area contributed by atoms with Crippen LogP contribution in [0.15, 0.2) is 48.5 Å². The molecule has 0 bridgehead atoms. The zero-order chi connectivity index (χ0) is 14.6. The highest BCUT2D eigenvalue weighted by Crippen LogP contribution is 2.31. The van der Waals surface area contributed by atoms with Gasteiger partial charge in [-0.15, -0.1) is 11.6 Å². The van der Waals surface area contributed by atoms with Gasteiger partial charge in [0, 0.05) is 17.9 Å². The molecule has 0 heterocycles. The standard InChI is InChI=1S/C16H15ClF2O/c17-10-9-16(20,12-5-2-1-3-6-12)11-13-14(18)7-4-8-15(13)19/h1-8,20H,9-11H2. The highest BCUT2D eigenvalue weighted by Gasteiger charge is 2.31. The molecule has 1 N–H and O–H groups in total. The first-order valence-electron chi connectivity index (χ1n) is 6.33. The molecule has 1 nitrogen and oxygen atoms in total. The zero-order valence-corrected chi connectivity index (χ0v) is 11.6. The van der Waals surface area contributed by atoms with Crippen LogP contribution in [0.3, 0.4) is 0 Å². The lowest BCUT2D eigenvalue weighted by molar-refractivity contribution is 0.0319. The summed E-state index contributed by atoms with van der Waals surface area (Å²) in [6, 6.07) is 12.5. The van der Waals surface area contributed by atoms with Crippen molar-refractivity contribution in [3.8, 4) is 0 Å². The number of benzene rings is 2. The minimum absolute atomic E-state index is 0.121. The van der Waals surface area contributed by atoms with E-state index in [-0.39, 0.29) is 24.3 Å². The molecule has 0 aliphatic rings. The normalized spacial score (nSPS) is 14.0. The topological polar surface area (TPSA) is 20.2 Å². The quantitative estimate of drug-likeness (QED) is 0.826. The molecule has 0 aliphatic carbocycles. The average Bonchev–Trinajstić information content (AvgIpc) is 2.44. The lowest BCUT2D eigenvalue weighted by Crippen LogP contribution is -2.30. The Kier molecular flexibility index (Phi) is 4.73. The third-order valence-corrected chi connectivity index (χ3v) is 3.54. The van der Waals surface area contributed by atoms with Gasteiger partial charge in [-0.2, -0.15) is 0 Å². The Morgan fingerprint density at radius 2 is 1.55 bits per heavy atom. The van der Waals surface area contributed by atoms with Crippen LogP contribution < -0.4 is 0 Å². The number of alkyl halides is 1. The smallest absolute Gasteiger partial charge is 0.129 e. The zero-order valence-electron chi connectivity index (χ0n) is 10.8. The number of hydrogen-bond donors (Lipinski definition) is 1.